The number of ether oxygens (including phenoxy) is 1. The molecule has 0 unspecified atom stereocenters. The van der Waals surface area contributed by atoms with Gasteiger partial charge in [-0.2, -0.15) is 4.31 Å². The molecule has 7 nitrogen and oxygen atoms in total. The Hall–Kier alpha value is -1.48. The molecule has 1 aromatic rings. The van der Waals surface area contributed by atoms with Crippen molar-refractivity contribution in [1.29, 1.82) is 0 Å². The lowest BCUT2D eigenvalue weighted by atomic mass is 10.0. The Labute approximate surface area is 155 Å². The maximum absolute atomic E-state index is 12.4. The first-order chi connectivity index (χ1) is 12.3. The van der Waals surface area contributed by atoms with E-state index in [1.54, 1.807) is 24.3 Å². The van der Waals surface area contributed by atoms with Crippen LogP contribution in [0, 0.1) is 0 Å². The third-order valence-corrected chi connectivity index (χ3v) is 6.67. The van der Waals surface area contributed by atoms with Gasteiger partial charge in [-0.3, -0.25) is 4.79 Å². The topological polar surface area (TPSA) is 95.9 Å². The van der Waals surface area contributed by atoms with E-state index < -0.39 is 15.6 Å². The van der Waals surface area contributed by atoms with Crippen molar-refractivity contribution >= 4 is 15.9 Å². The van der Waals surface area contributed by atoms with Crippen molar-refractivity contribution < 1.29 is 23.1 Å². The van der Waals surface area contributed by atoms with Crippen LogP contribution in [0.15, 0.2) is 29.2 Å². The summed E-state index contributed by atoms with van der Waals surface area (Å²) in [5, 5.41) is 12.8. The molecule has 1 aliphatic heterocycles. The van der Waals surface area contributed by atoms with E-state index in [1.807, 2.05) is 13.8 Å². The van der Waals surface area contributed by atoms with Gasteiger partial charge in [-0.1, -0.05) is 26.0 Å². The number of aryl methyl sites for hydroxylation is 1. The van der Waals surface area contributed by atoms with E-state index in [9.17, 15) is 18.3 Å². The Balaban J connectivity index is 1.86. The molecule has 1 aliphatic rings. The summed E-state index contributed by atoms with van der Waals surface area (Å²) in [6.07, 6.45) is 1.31. The van der Waals surface area contributed by atoms with Crippen LogP contribution in [0.2, 0.25) is 0 Å². The summed E-state index contributed by atoms with van der Waals surface area (Å²) >= 11 is 0. The van der Waals surface area contributed by atoms with Crippen molar-refractivity contribution in [3.63, 3.8) is 0 Å². The third-order valence-electron chi connectivity index (χ3n) is 4.60. The van der Waals surface area contributed by atoms with Crippen LogP contribution in [-0.4, -0.2) is 62.2 Å². The predicted octanol–water partition coefficient (Wildman–Crippen LogP) is 0.917. The second-order valence-electron chi connectivity index (χ2n) is 6.54. The van der Waals surface area contributed by atoms with Gasteiger partial charge in [0, 0.05) is 39.1 Å². The Morgan fingerprint density at radius 1 is 1.27 bits per heavy atom. The summed E-state index contributed by atoms with van der Waals surface area (Å²) in [7, 11) is -3.46. The van der Waals surface area contributed by atoms with Crippen molar-refractivity contribution in [2.75, 3.05) is 32.8 Å². The van der Waals surface area contributed by atoms with E-state index in [2.05, 4.69) is 5.32 Å². The number of carbonyl (C=O) groups is 1. The zero-order valence-electron chi connectivity index (χ0n) is 15.4. The lowest BCUT2D eigenvalue weighted by Crippen LogP contribution is -2.43. The molecule has 1 atom stereocenters. The lowest BCUT2D eigenvalue weighted by Gasteiger charge is -2.20. The number of nitrogens with one attached hydrogen (secondary N) is 1. The van der Waals surface area contributed by atoms with E-state index in [4.69, 9.17) is 4.74 Å². The maximum atomic E-state index is 12.4. The molecule has 0 aromatic heterocycles. The number of sulfonamides is 1. The van der Waals surface area contributed by atoms with Gasteiger partial charge in [-0.25, -0.2) is 8.42 Å². The Kier molecular flexibility index (Phi) is 7.16. The van der Waals surface area contributed by atoms with Gasteiger partial charge in [0.05, 0.1) is 11.5 Å². The van der Waals surface area contributed by atoms with E-state index in [1.165, 1.54) is 4.31 Å². The van der Waals surface area contributed by atoms with Crippen molar-refractivity contribution in [2.45, 2.75) is 43.6 Å². The first-order valence-electron chi connectivity index (χ1n) is 8.96. The molecule has 2 rings (SSSR count). The molecule has 146 valence electrons. The first-order valence-corrected chi connectivity index (χ1v) is 10.4. The van der Waals surface area contributed by atoms with Gasteiger partial charge in [0.2, 0.25) is 15.9 Å². The number of hydrogen-bond donors (Lipinski definition) is 2. The SMILES string of the molecule is CCN(CC)S(=O)(=O)c1ccc(CCC(=O)NC[C@@]2(O)CCOC2)cc1. The zero-order chi connectivity index (χ0) is 19.2. The highest BCUT2D eigenvalue weighted by Crippen LogP contribution is 2.18. The van der Waals surface area contributed by atoms with Gasteiger partial charge in [-0.05, 0) is 24.1 Å². The molecular formula is C18H28N2O5S. The van der Waals surface area contributed by atoms with Crippen molar-refractivity contribution in [1.82, 2.24) is 9.62 Å². The monoisotopic (exact) mass is 384 g/mol. The Bertz CT molecular complexity index is 693. The number of nitrogens with zero attached hydrogens (tertiary/aromatic N) is 1. The molecule has 0 radical (unpaired) electrons. The number of benzene rings is 1. The second kappa shape index (κ2) is 8.94. The van der Waals surface area contributed by atoms with E-state index in [0.29, 0.717) is 32.5 Å². The highest BCUT2D eigenvalue weighted by Gasteiger charge is 2.32. The molecule has 2 N–H and O–H groups in total. The minimum absolute atomic E-state index is 0.148. The van der Waals surface area contributed by atoms with Crippen LogP contribution in [0.5, 0.6) is 0 Å². The van der Waals surface area contributed by atoms with Gasteiger partial charge in [-0.15, -0.1) is 0 Å². The van der Waals surface area contributed by atoms with E-state index in [0.717, 1.165) is 5.56 Å². The van der Waals surface area contributed by atoms with E-state index in [-0.39, 0.29) is 30.4 Å². The van der Waals surface area contributed by atoms with Crippen LogP contribution < -0.4 is 5.32 Å². The standard InChI is InChI=1S/C18H28N2O5S/c1-3-20(4-2)26(23,24)16-8-5-15(6-9-16)7-10-17(21)19-13-18(22)11-12-25-14-18/h5-6,8-9,22H,3-4,7,10-14H2,1-2H3,(H,19,21)/t18-/m0/s1. The smallest absolute Gasteiger partial charge is 0.243 e. The third kappa shape index (κ3) is 5.26. The average molecular weight is 384 g/mol. The maximum Gasteiger partial charge on any atom is 0.243 e. The molecule has 1 saturated heterocycles. The largest absolute Gasteiger partial charge is 0.386 e. The average Bonchev–Trinajstić information content (AvgIpc) is 3.06. The summed E-state index contributed by atoms with van der Waals surface area (Å²) < 4.78 is 31.4. The van der Waals surface area contributed by atoms with Crippen LogP contribution >= 0.6 is 0 Å². The lowest BCUT2D eigenvalue weighted by molar-refractivity contribution is -0.122. The number of aliphatic hydroxyl groups is 1. The molecule has 1 fully saturated rings. The van der Waals surface area contributed by atoms with Crippen LogP contribution in [-0.2, 0) is 26.0 Å². The van der Waals surface area contributed by atoms with E-state index >= 15 is 0 Å². The quantitative estimate of drug-likeness (QED) is 0.660. The van der Waals surface area contributed by atoms with Crippen molar-refractivity contribution in [3.8, 4) is 0 Å². The normalized spacial score (nSPS) is 20.5. The van der Waals surface area contributed by atoms with Crippen molar-refractivity contribution in [3.05, 3.63) is 29.8 Å². The molecule has 26 heavy (non-hydrogen) atoms. The van der Waals surface area contributed by atoms with Crippen molar-refractivity contribution in [2.24, 2.45) is 0 Å². The van der Waals surface area contributed by atoms with Crippen LogP contribution in [0.3, 0.4) is 0 Å². The number of rotatable bonds is 9. The van der Waals surface area contributed by atoms with Crippen LogP contribution in [0.1, 0.15) is 32.3 Å². The van der Waals surface area contributed by atoms with Crippen LogP contribution in [0.4, 0.5) is 0 Å². The summed E-state index contributed by atoms with van der Waals surface area (Å²) in [4.78, 5) is 12.2. The second-order valence-corrected chi connectivity index (χ2v) is 8.47. The molecule has 0 aliphatic carbocycles. The fourth-order valence-electron chi connectivity index (χ4n) is 2.89. The van der Waals surface area contributed by atoms with Crippen LogP contribution in [0.25, 0.3) is 0 Å². The van der Waals surface area contributed by atoms with Gasteiger partial charge in [0.15, 0.2) is 0 Å². The fraction of sp³-hybridized carbons (Fsp3) is 0.611. The molecule has 8 heteroatoms. The van der Waals surface area contributed by atoms with Gasteiger partial charge in [0.1, 0.15) is 5.60 Å². The molecule has 0 spiro atoms. The summed E-state index contributed by atoms with van der Waals surface area (Å²) in [6.45, 7) is 5.42. The molecule has 1 amide bonds. The molecule has 1 aromatic carbocycles. The van der Waals surface area contributed by atoms with Gasteiger partial charge >= 0.3 is 0 Å². The number of amides is 1. The number of carbonyl (C=O) groups excluding carboxylic acids is 1. The first kappa shape index (κ1) is 20.8. The minimum Gasteiger partial charge on any atom is -0.386 e. The Morgan fingerprint density at radius 2 is 1.92 bits per heavy atom. The minimum atomic E-state index is -3.46. The zero-order valence-corrected chi connectivity index (χ0v) is 16.2. The molecular weight excluding hydrogens is 356 g/mol. The molecule has 1 heterocycles. The summed E-state index contributed by atoms with van der Waals surface area (Å²) in [5.74, 6) is -0.148. The Morgan fingerprint density at radius 3 is 2.46 bits per heavy atom. The molecule has 0 bridgehead atoms. The number of hydrogen-bond acceptors (Lipinski definition) is 5. The summed E-state index contributed by atoms with van der Waals surface area (Å²) in [5.41, 5.74) is -0.0719. The highest BCUT2D eigenvalue weighted by molar-refractivity contribution is 7.89. The van der Waals surface area contributed by atoms with Gasteiger partial charge in [0.25, 0.3) is 0 Å². The molecule has 0 saturated carbocycles. The predicted molar refractivity (Wildman–Crippen MR) is 98.3 cm³/mol. The highest BCUT2D eigenvalue weighted by atomic mass is 32.2. The fourth-order valence-corrected chi connectivity index (χ4v) is 4.34. The van der Waals surface area contributed by atoms with Gasteiger partial charge < -0.3 is 15.2 Å². The summed E-state index contributed by atoms with van der Waals surface area (Å²) in [6, 6.07) is 6.64.